The number of amides is 3. The highest BCUT2D eigenvalue weighted by Crippen LogP contribution is 2.37. The Hall–Kier alpha value is -2.37. The molecule has 1 N–H and O–H groups in total. The first-order valence-electron chi connectivity index (χ1n) is 10.4. The topological polar surface area (TPSA) is 69.7 Å². The Morgan fingerprint density at radius 3 is 2.46 bits per heavy atom. The molecule has 0 bridgehead atoms. The molecule has 0 spiro atoms. The number of imide groups is 1. The van der Waals surface area contributed by atoms with Crippen LogP contribution >= 0.6 is 0 Å². The summed E-state index contributed by atoms with van der Waals surface area (Å²) in [7, 11) is 0. The highest BCUT2D eigenvalue weighted by Gasteiger charge is 2.47. The normalized spacial score (nSPS) is 21.6. The van der Waals surface area contributed by atoms with Gasteiger partial charge in [0.05, 0.1) is 11.8 Å². The molecule has 1 aromatic carbocycles. The van der Waals surface area contributed by atoms with Gasteiger partial charge in [-0.15, -0.1) is 0 Å². The summed E-state index contributed by atoms with van der Waals surface area (Å²) < 4.78 is 0. The summed E-state index contributed by atoms with van der Waals surface area (Å²) >= 11 is 0. The van der Waals surface area contributed by atoms with Gasteiger partial charge in [-0.3, -0.25) is 19.3 Å². The minimum atomic E-state index is -0.142. The van der Waals surface area contributed by atoms with Crippen LogP contribution in [-0.4, -0.2) is 48.8 Å². The van der Waals surface area contributed by atoms with Gasteiger partial charge in [-0.2, -0.15) is 0 Å². The number of nitrogens with zero attached hydrogens (tertiary/aromatic N) is 2. The van der Waals surface area contributed by atoms with Gasteiger partial charge < -0.3 is 10.2 Å². The zero-order valence-corrected chi connectivity index (χ0v) is 16.9. The van der Waals surface area contributed by atoms with Crippen molar-refractivity contribution in [2.45, 2.75) is 46.0 Å². The Morgan fingerprint density at radius 1 is 1.18 bits per heavy atom. The maximum Gasteiger partial charge on any atom is 0.233 e. The predicted molar refractivity (Wildman–Crippen MR) is 109 cm³/mol. The fraction of sp³-hybridized carbons (Fsp3) is 0.591. The molecule has 1 saturated carbocycles. The van der Waals surface area contributed by atoms with Gasteiger partial charge >= 0.3 is 0 Å². The zero-order chi connectivity index (χ0) is 20.1. The number of benzene rings is 1. The maximum atomic E-state index is 12.5. The van der Waals surface area contributed by atoms with Gasteiger partial charge in [0.2, 0.25) is 17.7 Å². The number of aryl methyl sites for hydroxylation is 1. The van der Waals surface area contributed by atoms with Crippen LogP contribution in [0.3, 0.4) is 0 Å². The van der Waals surface area contributed by atoms with Crippen molar-refractivity contribution in [2.24, 2.45) is 11.8 Å². The molecule has 2 aliphatic rings. The van der Waals surface area contributed by atoms with Crippen molar-refractivity contribution in [2.75, 3.05) is 31.1 Å². The van der Waals surface area contributed by atoms with Crippen molar-refractivity contribution < 1.29 is 14.4 Å². The molecule has 3 rings (SSSR count). The number of carbonyl (C=O) groups is 3. The molecule has 152 valence electrons. The number of fused-ring (bicyclic) bond motifs is 1. The number of rotatable bonds is 8. The lowest BCUT2D eigenvalue weighted by molar-refractivity contribution is -0.140. The average Bonchev–Trinajstić information content (AvgIpc) is 2.94. The van der Waals surface area contributed by atoms with E-state index in [1.54, 1.807) is 0 Å². The number of hydrogen-bond acceptors (Lipinski definition) is 4. The highest BCUT2D eigenvalue weighted by molar-refractivity contribution is 6.05. The van der Waals surface area contributed by atoms with Crippen molar-refractivity contribution in [3.63, 3.8) is 0 Å². The summed E-state index contributed by atoms with van der Waals surface area (Å²) in [6.07, 6.45) is 3.83. The lowest BCUT2D eigenvalue weighted by Crippen LogP contribution is -2.38. The first-order chi connectivity index (χ1) is 13.5. The summed E-state index contributed by atoms with van der Waals surface area (Å²) in [5, 5.41) is 2.92. The van der Waals surface area contributed by atoms with E-state index in [1.807, 2.05) is 6.07 Å². The van der Waals surface area contributed by atoms with Crippen LogP contribution in [0.5, 0.6) is 0 Å². The second-order valence-corrected chi connectivity index (χ2v) is 7.84. The quantitative estimate of drug-likeness (QED) is 0.698. The van der Waals surface area contributed by atoms with Crippen LogP contribution in [0, 0.1) is 18.8 Å². The Bertz CT molecular complexity index is 709. The lowest BCUT2D eigenvalue weighted by atomic mass is 9.81. The standard InChI is InChI=1S/C22H31N3O3/c1-3-24(17-8-6-7-16(2)15-17)14-12-23-20(26)11-13-25-21(27)18-9-4-5-10-19(18)22(25)28/h6-8,15,18-19H,3-5,9-14H2,1-2H3,(H,23,26)/t18-,19-/m1/s1. The number of nitrogens with one attached hydrogen (secondary N) is 1. The summed E-state index contributed by atoms with van der Waals surface area (Å²) in [4.78, 5) is 40.7. The highest BCUT2D eigenvalue weighted by atomic mass is 16.2. The van der Waals surface area contributed by atoms with E-state index < -0.39 is 0 Å². The molecule has 0 aromatic heterocycles. The minimum Gasteiger partial charge on any atom is -0.370 e. The second kappa shape index (κ2) is 9.22. The molecule has 6 nitrogen and oxygen atoms in total. The molecule has 2 fully saturated rings. The molecule has 0 unspecified atom stereocenters. The van der Waals surface area contributed by atoms with Gasteiger partial charge in [0.25, 0.3) is 0 Å². The fourth-order valence-corrected chi connectivity index (χ4v) is 4.38. The third-order valence-electron chi connectivity index (χ3n) is 5.95. The van der Waals surface area contributed by atoms with E-state index in [4.69, 9.17) is 0 Å². The van der Waals surface area contributed by atoms with Gasteiger partial charge in [-0.05, 0) is 44.4 Å². The molecule has 1 aliphatic heterocycles. The average molecular weight is 386 g/mol. The van der Waals surface area contributed by atoms with Crippen LogP contribution in [0.4, 0.5) is 5.69 Å². The molecule has 2 atom stereocenters. The summed E-state index contributed by atoms with van der Waals surface area (Å²) in [5.41, 5.74) is 2.35. The number of likely N-dealkylation sites (N-methyl/N-ethyl adjacent to an activating group) is 1. The number of likely N-dealkylation sites (tertiary alicyclic amines) is 1. The number of anilines is 1. The molecule has 3 amide bonds. The summed E-state index contributed by atoms with van der Waals surface area (Å²) in [5.74, 6) is -0.539. The van der Waals surface area contributed by atoms with Crippen LogP contribution in [0.25, 0.3) is 0 Å². The smallest absolute Gasteiger partial charge is 0.233 e. The largest absolute Gasteiger partial charge is 0.370 e. The number of carbonyl (C=O) groups excluding carboxylic acids is 3. The van der Waals surface area contributed by atoms with Crippen LogP contribution in [0.15, 0.2) is 24.3 Å². The first kappa shape index (κ1) is 20.4. The Morgan fingerprint density at radius 2 is 1.86 bits per heavy atom. The summed E-state index contributed by atoms with van der Waals surface area (Å²) in [6, 6.07) is 8.31. The monoisotopic (exact) mass is 385 g/mol. The lowest BCUT2D eigenvalue weighted by Gasteiger charge is -2.23. The molecule has 1 heterocycles. The molecule has 1 aromatic rings. The van der Waals surface area contributed by atoms with Crippen molar-refractivity contribution in [1.29, 1.82) is 0 Å². The van der Waals surface area contributed by atoms with Crippen LogP contribution in [0.1, 0.15) is 44.6 Å². The van der Waals surface area contributed by atoms with E-state index >= 15 is 0 Å². The Kier molecular flexibility index (Phi) is 6.70. The van der Waals surface area contributed by atoms with Crippen LogP contribution in [0.2, 0.25) is 0 Å². The van der Waals surface area contributed by atoms with Gasteiger partial charge in [0, 0.05) is 38.3 Å². The van der Waals surface area contributed by atoms with E-state index in [2.05, 4.69) is 42.3 Å². The van der Waals surface area contributed by atoms with E-state index in [0.29, 0.717) is 6.54 Å². The van der Waals surface area contributed by atoms with Gasteiger partial charge in [-0.25, -0.2) is 0 Å². The van der Waals surface area contributed by atoms with Gasteiger partial charge in [-0.1, -0.05) is 25.0 Å². The molecule has 1 aliphatic carbocycles. The van der Waals surface area contributed by atoms with E-state index in [0.717, 1.165) is 44.5 Å². The number of hydrogen-bond donors (Lipinski definition) is 1. The Labute approximate surface area is 167 Å². The van der Waals surface area contributed by atoms with Gasteiger partial charge in [0.1, 0.15) is 0 Å². The van der Waals surface area contributed by atoms with E-state index in [-0.39, 0.29) is 42.5 Å². The van der Waals surface area contributed by atoms with Crippen molar-refractivity contribution in [3.05, 3.63) is 29.8 Å². The predicted octanol–water partition coefficient (Wildman–Crippen LogP) is 2.50. The molecular formula is C22H31N3O3. The third kappa shape index (κ3) is 4.54. The summed E-state index contributed by atoms with van der Waals surface area (Å²) in [6.45, 7) is 6.47. The second-order valence-electron chi connectivity index (χ2n) is 7.84. The van der Waals surface area contributed by atoms with E-state index in [9.17, 15) is 14.4 Å². The maximum absolute atomic E-state index is 12.5. The molecular weight excluding hydrogens is 354 g/mol. The van der Waals surface area contributed by atoms with Crippen LogP contribution in [-0.2, 0) is 14.4 Å². The van der Waals surface area contributed by atoms with Crippen LogP contribution < -0.4 is 10.2 Å². The van der Waals surface area contributed by atoms with Crippen molar-refractivity contribution in [3.8, 4) is 0 Å². The van der Waals surface area contributed by atoms with Crippen molar-refractivity contribution >= 4 is 23.4 Å². The molecule has 28 heavy (non-hydrogen) atoms. The molecule has 0 radical (unpaired) electrons. The minimum absolute atomic E-state index is 0.0703. The third-order valence-corrected chi connectivity index (χ3v) is 5.95. The van der Waals surface area contributed by atoms with Gasteiger partial charge in [0.15, 0.2) is 0 Å². The first-order valence-corrected chi connectivity index (χ1v) is 10.4. The molecule has 1 saturated heterocycles. The molecule has 6 heteroatoms. The SMILES string of the molecule is CCN(CCNC(=O)CCN1C(=O)[C@@H]2CCCC[C@H]2C1=O)c1cccc(C)c1. The fourth-order valence-electron chi connectivity index (χ4n) is 4.38. The Balaban J connectivity index is 1.43. The van der Waals surface area contributed by atoms with Crippen molar-refractivity contribution in [1.82, 2.24) is 10.2 Å². The zero-order valence-electron chi connectivity index (χ0n) is 16.9. The van der Waals surface area contributed by atoms with E-state index in [1.165, 1.54) is 10.5 Å².